The number of halogens is 1. The number of pyridine rings is 1. The van der Waals surface area contributed by atoms with Crippen molar-refractivity contribution in [3.05, 3.63) is 45.6 Å². The van der Waals surface area contributed by atoms with E-state index >= 15 is 0 Å². The molecule has 0 radical (unpaired) electrons. The average Bonchev–Trinajstić information content (AvgIpc) is 2.66. The van der Waals surface area contributed by atoms with Crippen LogP contribution in [0.25, 0.3) is 0 Å². The summed E-state index contributed by atoms with van der Waals surface area (Å²) in [4.78, 5) is 34.2. The summed E-state index contributed by atoms with van der Waals surface area (Å²) in [6, 6.07) is 1.40. The lowest BCUT2D eigenvalue weighted by molar-refractivity contribution is 0.0886. The van der Waals surface area contributed by atoms with Crippen molar-refractivity contribution in [3.63, 3.8) is 0 Å². The third-order valence-corrected chi connectivity index (χ3v) is 4.52. The molecule has 1 saturated carbocycles. The van der Waals surface area contributed by atoms with E-state index in [0.29, 0.717) is 17.3 Å². The molecule has 0 atom stereocenters. The second-order valence-electron chi connectivity index (χ2n) is 6.00. The predicted molar refractivity (Wildman–Crippen MR) is 94.8 cm³/mol. The second kappa shape index (κ2) is 8.18. The molecule has 9 heteroatoms. The van der Waals surface area contributed by atoms with Gasteiger partial charge in [-0.1, -0.05) is 11.6 Å². The minimum Gasteiger partial charge on any atom is -0.477 e. The van der Waals surface area contributed by atoms with E-state index < -0.39 is 5.56 Å². The molecule has 1 fully saturated rings. The molecule has 1 aliphatic carbocycles. The number of hydrogen-bond acceptors (Lipinski definition) is 6. The number of amides is 1. The topological polar surface area (TPSA) is 106 Å². The number of carbonyl (C=O) groups excluding carboxylic acids is 1. The van der Waals surface area contributed by atoms with Gasteiger partial charge in [0.15, 0.2) is 0 Å². The first kappa shape index (κ1) is 18.2. The summed E-state index contributed by atoms with van der Waals surface area (Å²) in [7, 11) is 1.52. The highest BCUT2D eigenvalue weighted by molar-refractivity contribution is 6.30. The van der Waals surface area contributed by atoms with E-state index in [-0.39, 0.29) is 23.1 Å². The maximum atomic E-state index is 12.3. The quantitative estimate of drug-likeness (QED) is 0.823. The summed E-state index contributed by atoms with van der Waals surface area (Å²) >= 11 is 5.76. The molecular formula is C17H19ClN4O4. The Morgan fingerprint density at radius 3 is 2.58 bits per heavy atom. The summed E-state index contributed by atoms with van der Waals surface area (Å²) in [5, 5.41) is 2.95. The van der Waals surface area contributed by atoms with Gasteiger partial charge in [0.25, 0.3) is 23.2 Å². The number of hydrogen-bond donors (Lipinski definition) is 2. The van der Waals surface area contributed by atoms with Crippen LogP contribution in [0, 0.1) is 0 Å². The SMILES string of the molecule is COc1nccnc1OC1CCC(NC(=O)c2c[nH]c(=O)c(Cl)c2)CC1. The Kier molecular flexibility index (Phi) is 5.72. The standard InChI is InChI=1S/C17H19ClN4O4/c1-25-16-17(20-7-6-19-16)26-12-4-2-11(3-5-12)22-14(23)10-8-13(18)15(24)21-9-10/h6-9,11-12H,2-5H2,1H3,(H,21,24)(H,22,23). The second-order valence-corrected chi connectivity index (χ2v) is 6.41. The summed E-state index contributed by atoms with van der Waals surface area (Å²) in [5.41, 5.74) is -0.0856. The monoisotopic (exact) mass is 378 g/mol. The van der Waals surface area contributed by atoms with E-state index in [9.17, 15) is 9.59 Å². The molecule has 1 aliphatic rings. The van der Waals surface area contributed by atoms with Crippen molar-refractivity contribution in [2.75, 3.05) is 7.11 Å². The van der Waals surface area contributed by atoms with Gasteiger partial charge >= 0.3 is 0 Å². The summed E-state index contributed by atoms with van der Waals surface area (Å²) in [6.07, 6.45) is 7.55. The van der Waals surface area contributed by atoms with Crippen molar-refractivity contribution >= 4 is 17.5 Å². The van der Waals surface area contributed by atoms with Crippen LogP contribution in [0.15, 0.2) is 29.5 Å². The third kappa shape index (κ3) is 4.32. The van der Waals surface area contributed by atoms with Gasteiger partial charge in [-0.3, -0.25) is 9.59 Å². The number of methoxy groups -OCH3 is 1. The molecule has 138 valence electrons. The Bertz CT molecular complexity index is 834. The van der Waals surface area contributed by atoms with Crippen LogP contribution in [-0.4, -0.2) is 40.1 Å². The zero-order chi connectivity index (χ0) is 18.5. The van der Waals surface area contributed by atoms with E-state index in [1.807, 2.05) is 0 Å². The Morgan fingerprint density at radius 1 is 1.23 bits per heavy atom. The van der Waals surface area contributed by atoms with Crippen LogP contribution in [0.1, 0.15) is 36.0 Å². The van der Waals surface area contributed by atoms with Gasteiger partial charge in [0.05, 0.1) is 12.7 Å². The Balaban J connectivity index is 1.52. The van der Waals surface area contributed by atoms with Gasteiger partial charge in [-0.2, -0.15) is 0 Å². The van der Waals surface area contributed by atoms with Gasteiger partial charge in [-0.25, -0.2) is 9.97 Å². The van der Waals surface area contributed by atoms with Crippen molar-refractivity contribution in [3.8, 4) is 11.8 Å². The molecule has 0 spiro atoms. The maximum absolute atomic E-state index is 12.3. The fraction of sp³-hybridized carbons (Fsp3) is 0.412. The van der Waals surface area contributed by atoms with Gasteiger partial charge in [0.2, 0.25) is 0 Å². The molecule has 1 amide bonds. The molecule has 0 unspecified atom stereocenters. The van der Waals surface area contributed by atoms with Gasteiger partial charge in [-0.15, -0.1) is 0 Å². The Hall–Kier alpha value is -2.61. The van der Waals surface area contributed by atoms with Gasteiger partial charge in [-0.05, 0) is 31.7 Å². The third-order valence-electron chi connectivity index (χ3n) is 4.23. The van der Waals surface area contributed by atoms with Crippen LogP contribution in [0.4, 0.5) is 0 Å². The first-order chi connectivity index (χ1) is 12.6. The molecule has 2 aromatic rings. The normalized spacial score (nSPS) is 19.6. The van der Waals surface area contributed by atoms with E-state index in [0.717, 1.165) is 25.7 Å². The molecular weight excluding hydrogens is 360 g/mol. The first-order valence-corrected chi connectivity index (χ1v) is 8.65. The summed E-state index contributed by atoms with van der Waals surface area (Å²) in [6.45, 7) is 0. The van der Waals surface area contributed by atoms with Crippen molar-refractivity contribution in [2.24, 2.45) is 0 Å². The molecule has 2 N–H and O–H groups in total. The molecule has 0 aliphatic heterocycles. The Labute approximate surface area is 154 Å². The van der Waals surface area contributed by atoms with E-state index in [2.05, 4.69) is 20.3 Å². The minimum absolute atomic E-state index is 0.00345. The van der Waals surface area contributed by atoms with Gasteiger partial charge in [0.1, 0.15) is 11.1 Å². The van der Waals surface area contributed by atoms with Crippen molar-refractivity contribution in [1.29, 1.82) is 0 Å². The number of carbonyl (C=O) groups is 1. The predicted octanol–water partition coefficient (Wildman–Crippen LogP) is 1.95. The fourth-order valence-corrected chi connectivity index (χ4v) is 3.04. The maximum Gasteiger partial charge on any atom is 0.278 e. The number of aromatic amines is 1. The molecule has 2 heterocycles. The number of aromatic nitrogens is 3. The Morgan fingerprint density at radius 2 is 1.92 bits per heavy atom. The molecule has 8 nitrogen and oxygen atoms in total. The van der Waals surface area contributed by atoms with Crippen LogP contribution in [0.2, 0.25) is 5.02 Å². The van der Waals surface area contributed by atoms with Gasteiger partial charge in [0, 0.05) is 24.6 Å². The van der Waals surface area contributed by atoms with Crippen LogP contribution >= 0.6 is 11.6 Å². The number of nitrogens with zero attached hydrogens (tertiary/aromatic N) is 2. The smallest absolute Gasteiger partial charge is 0.278 e. The summed E-state index contributed by atoms with van der Waals surface area (Å²) in [5.74, 6) is 0.478. The van der Waals surface area contributed by atoms with Gasteiger partial charge < -0.3 is 19.8 Å². The van der Waals surface area contributed by atoms with Crippen molar-refractivity contribution in [2.45, 2.75) is 37.8 Å². The van der Waals surface area contributed by atoms with Crippen LogP contribution < -0.4 is 20.3 Å². The van der Waals surface area contributed by atoms with Crippen molar-refractivity contribution < 1.29 is 14.3 Å². The molecule has 3 rings (SSSR count). The minimum atomic E-state index is -0.416. The lowest BCUT2D eigenvalue weighted by Gasteiger charge is -2.29. The zero-order valence-corrected chi connectivity index (χ0v) is 15.0. The number of nitrogens with one attached hydrogen (secondary N) is 2. The summed E-state index contributed by atoms with van der Waals surface area (Å²) < 4.78 is 11.0. The van der Waals surface area contributed by atoms with E-state index in [1.54, 1.807) is 12.4 Å². The highest BCUT2D eigenvalue weighted by Gasteiger charge is 2.25. The molecule has 0 bridgehead atoms. The average molecular weight is 379 g/mol. The lowest BCUT2D eigenvalue weighted by Crippen LogP contribution is -2.40. The highest BCUT2D eigenvalue weighted by Crippen LogP contribution is 2.27. The fourth-order valence-electron chi connectivity index (χ4n) is 2.87. The molecule has 0 saturated heterocycles. The van der Waals surface area contributed by atoms with Crippen LogP contribution in [-0.2, 0) is 0 Å². The van der Waals surface area contributed by atoms with Crippen molar-refractivity contribution in [1.82, 2.24) is 20.3 Å². The lowest BCUT2D eigenvalue weighted by atomic mass is 9.92. The number of H-pyrrole nitrogens is 1. The molecule has 2 aromatic heterocycles. The van der Waals surface area contributed by atoms with Crippen LogP contribution in [0.3, 0.4) is 0 Å². The molecule has 26 heavy (non-hydrogen) atoms. The molecule has 0 aromatic carbocycles. The van der Waals surface area contributed by atoms with E-state index in [1.165, 1.54) is 19.4 Å². The van der Waals surface area contributed by atoms with E-state index in [4.69, 9.17) is 21.1 Å². The number of ether oxygens (including phenoxy) is 2. The number of rotatable bonds is 5. The van der Waals surface area contributed by atoms with Crippen LogP contribution in [0.5, 0.6) is 11.8 Å². The first-order valence-electron chi connectivity index (χ1n) is 8.27. The largest absolute Gasteiger partial charge is 0.477 e. The zero-order valence-electron chi connectivity index (χ0n) is 14.2. The highest BCUT2D eigenvalue weighted by atomic mass is 35.5.